The molecule has 10 heteroatoms. The van der Waals surface area contributed by atoms with Crippen LogP contribution in [0.5, 0.6) is 0 Å². The van der Waals surface area contributed by atoms with E-state index in [1.54, 1.807) is 41.5 Å². The number of imide groups is 1. The SMILES string of the molecule is CC(C)(C)OC(=O)N(C(=O)OC(C)(C)C)C1=NC(C)(c2ccnc(Cl)c2)C(F)OC1. The first kappa shape index (κ1) is 24.0. The molecule has 2 heterocycles. The van der Waals surface area contributed by atoms with E-state index in [0.29, 0.717) is 10.5 Å². The highest BCUT2D eigenvalue weighted by molar-refractivity contribution is 6.29. The third-order valence-electron chi connectivity index (χ3n) is 3.88. The van der Waals surface area contributed by atoms with Crippen molar-refractivity contribution in [2.75, 3.05) is 6.61 Å². The summed E-state index contributed by atoms with van der Waals surface area (Å²) in [6.45, 7) is 10.9. The average molecular weight is 444 g/mol. The Morgan fingerprint density at radius 1 is 1.20 bits per heavy atom. The minimum Gasteiger partial charge on any atom is -0.443 e. The third kappa shape index (κ3) is 5.89. The first-order valence-corrected chi connectivity index (χ1v) is 9.73. The molecule has 2 rings (SSSR count). The summed E-state index contributed by atoms with van der Waals surface area (Å²) in [7, 11) is 0. The third-order valence-corrected chi connectivity index (χ3v) is 4.09. The van der Waals surface area contributed by atoms with Gasteiger partial charge in [-0.2, -0.15) is 4.90 Å². The quantitative estimate of drug-likeness (QED) is 0.576. The normalized spacial score (nSPS) is 22.2. The minimum absolute atomic E-state index is 0.138. The van der Waals surface area contributed by atoms with Crippen LogP contribution in [-0.4, -0.2) is 52.1 Å². The molecule has 1 aromatic rings. The molecule has 1 aromatic heterocycles. The fraction of sp³-hybridized carbons (Fsp3) is 0.600. The van der Waals surface area contributed by atoms with Gasteiger partial charge in [0, 0.05) is 6.20 Å². The lowest BCUT2D eigenvalue weighted by Crippen LogP contribution is -2.52. The molecule has 0 N–H and O–H groups in total. The van der Waals surface area contributed by atoms with Gasteiger partial charge in [0.25, 0.3) is 0 Å². The Bertz CT molecular complexity index is 822. The van der Waals surface area contributed by atoms with E-state index in [1.807, 2.05) is 0 Å². The molecule has 0 aliphatic carbocycles. The molecule has 166 valence electrons. The molecule has 2 unspecified atom stereocenters. The van der Waals surface area contributed by atoms with Gasteiger partial charge in [-0.05, 0) is 66.2 Å². The smallest absolute Gasteiger partial charge is 0.425 e. The Hall–Kier alpha value is -2.26. The zero-order chi connectivity index (χ0) is 22.9. The summed E-state index contributed by atoms with van der Waals surface area (Å²) in [6, 6.07) is 2.97. The molecule has 2 atom stereocenters. The van der Waals surface area contributed by atoms with Gasteiger partial charge >= 0.3 is 12.2 Å². The number of amidine groups is 1. The van der Waals surface area contributed by atoms with E-state index in [-0.39, 0.29) is 11.0 Å². The van der Waals surface area contributed by atoms with Crippen LogP contribution in [-0.2, 0) is 19.7 Å². The number of ether oxygens (including phenoxy) is 3. The summed E-state index contributed by atoms with van der Waals surface area (Å²) in [6.07, 6.45) is -2.46. The van der Waals surface area contributed by atoms with Gasteiger partial charge < -0.3 is 14.2 Å². The predicted molar refractivity (Wildman–Crippen MR) is 109 cm³/mol. The van der Waals surface area contributed by atoms with Gasteiger partial charge in [0.1, 0.15) is 34.3 Å². The average Bonchev–Trinajstić information content (AvgIpc) is 2.55. The standard InChI is InChI=1S/C20H27ClFN3O5/c1-18(2,3)29-16(26)25(17(27)30-19(4,5)6)14-11-28-15(22)20(7,24-14)12-8-9-23-13(21)10-12/h8-10,15H,11H2,1-7H3. The zero-order valence-electron chi connectivity index (χ0n) is 18.2. The van der Waals surface area contributed by atoms with Crippen molar-refractivity contribution in [1.29, 1.82) is 0 Å². The maximum Gasteiger partial charge on any atom is 0.425 e. The van der Waals surface area contributed by atoms with Gasteiger partial charge in [-0.15, -0.1) is 0 Å². The predicted octanol–water partition coefficient (Wildman–Crippen LogP) is 4.85. The Morgan fingerprint density at radius 2 is 1.73 bits per heavy atom. The Labute approximate surface area is 180 Å². The molecule has 0 aromatic carbocycles. The fourth-order valence-electron chi connectivity index (χ4n) is 2.59. The second-order valence-electron chi connectivity index (χ2n) is 8.97. The van der Waals surface area contributed by atoms with Gasteiger partial charge in [-0.25, -0.2) is 19.0 Å². The van der Waals surface area contributed by atoms with E-state index < -0.39 is 41.9 Å². The van der Waals surface area contributed by atoms with Crippen LogP contribution in [0.3, 0.4) is 0 Å². The van der Waals surface area contributed by atoms with Crippen LogP contribution in [0.4, 0.5) is 14.0 Å². The Balaban J connectivity index is 2.52. The second kappa shape index (κ2) is 8.47. The maximum absolute atomic E-state index is 14.8. The molecule has 1 aliphatic heterocycles. The molecule has 0 bridgehead atoms. The van der Waals surface area contributed by atoms with Crippen molar-refractivity contribution in [2.24, 2.45) is 4.99 Å². The number of nitrogens with zero attached hydrogens (tertiary/aromatic N) is 3. The second-order valence-corrected chi connectivity index (χ2v) is 9.35. The molecule has 0 spiro atoms. The lowest BCUT2D eigenvalue weighted by Gasteiger charge is -2.37. The highest BCUT2D eigenvalue weighted by Crippen LogP contribution is 2.36. The zero-order valence-corrected chi connectivity index (χ0v) is 18.9. The summed E-state index contributed by atoms with van der Waals surface area (Å²) in [5.41, 5.74) is -3.00. The number of pyridine rings is 1. The number of halogens is 2. The first-order chi connectivity index (χ1) is 13.6. The van der Waals surface area contributed by atoms with E-state index in [9.17, 15) is 14.0 Å². The molecule has 0 saturated heterocycles. The van der Waals surface area contributed by atoms with E-state index in [1.165, 1.54) is 25.3 Å². The highest BCUT2D eigenvalue weighted by Gasteiger charge is 2.45. The Morgan fingerprint density at radius 3 is 2.20 bits per heavy atom. The molecule has 1 aliphatic rings. The highest BCUT2D eigenvalue weighted by atomic mass is 35.5. The minimum atomic E-state index is -1.85. The summed E-state index contributed by atoms with van der Waals surface area (Å²) in [5.74, 6) is -0.150. The summed E-state index contributed by atoms with van der Waals surface area (Å²) >= 11 is 5.94. The molecule has 2 amide bonds. The van der Waals surface area contributed by atoms with Crippen molar-refractivity contribution in [2.45, 2.75) is 71.6 Å². The van der Waals surface area contributed by atoms with Crippen molar-refractivity contribution in [3.05, 3.63) is 29.0 Å². The molecular weight excluding hydrogens is 417 g/mol. The number of aromatic nitrogens is 1. The molecule has 30 heavy (non-hydrogen) atoms. The summed E-state index contributed by atoms with van der Waals surface area (Å²) < 4.78 is 30.7. The first-order valence-electron chi connectivity index (χ1n) is 9.35. The van der Waals surface area contributed by atoms with E-state index in [2.05, 4.69) is 9.98 Å². The number of rotatable bonds is 1. The molecule has 8 nitrogen and oxygen atoms in total. The van der Waals surface area contributed by atoms with Crippen LogP contribution in [0.15, 0.2) is 23.3 Å². The number of aliphatic imine (C=N–C) groups is 1. The number of hydrogen-bond donors (Lipinski definition) is 0. The van der Waals surface area contributed by atoms with E-state index in [4.69, 9.17) is 25.8 Å². The van der Waals surface area contributed by atoms with Crippen molar-refractivity contribution in [1.82, 2.24) is 9.88 Å². The van der Waals surface area contributed by atoms with Gasteiger partial charge in [-0.1, -0.05) is 11.6 Å². The summed E-state index contributed by atoms with van der Waals surface area (Å²) in [5, 5.41) is 0.138. The van der Waals surface area contributed by atoms with Gasteiger partial charge in [0.2, 0.25) is 6.36 Å². The molecular formula is C20H27ClFN3O5. The molecule has 0 saturated carbocycles. The van der Waals surface area contributed by atoms with Crippen LogP contribution in [0.25, 0.3) is 0 Å². The van der Waals surface area contributed by atoms with Crippen molar-refractivity contribution >= 4 is 29.6 Å². The van der Waals surface area contributed by atoms with Gasteiger partial charge in [0.15, 0.2) is 0 Å². The molecule has 0 radical (unpaired) electrons. The van der Waals surface area contributed by atoms with Gasteiger partial charge in [-0.3, -0.25) is 4.99 Å². The number of hydrogen-bond acceptors (Lipinski definition) is 7. The van der Waals surface area contributed by atoms with Crippen LogP contribution < -0.4 is 0 Å². The lowest BCUT2D eigenvalue weighted by molar-refractivity contribution is -0.0832. The largest absolute Gasteiger partial charge is 0.443 e. The molecule has 0 fully saturated rings. The number of carbonyl (C=O) groups is 2. The summed E-state index contributed by atoms with van der Waals surface area (Å²) in [4.78, 5) is 34.5. The topological polar surface area (TPSA) is 90.3 Å². The van der Waals surface area contributed by atoms with Crippen molar-refractivity contribution in [3.63, 3.8) is 0 Å². The maximum atomic E-state index is 14.8. The monoisotopic (exact) mass is 443 g/mol. The fourth-order valence-corrected chi connectivity index (χ4v) is 2.76. The van der Waals surface area contributed by atoms with E-state index >= 15 is 0 Å². The lowest BCUT2D eigenvalue weighted by atomic mass is 9.92. The number of alkyl halides is 1. The van der Waals surface area contributed by atoms with Gasteiger partial charge in [0.05, 0.1) is 0 Å². The van der Waals surface area contributed by atoms with Crippen LogP contribution in [0, 0.1) is 0 Å². The van der Waals surface area contributed by atoms with E-state index in [0.717, 1.165) is 0 Å². The van der Waals surface area contributed by atoms with Crippen LogP contribution in [0.2, 0.25) is 5.15 Å². The van der Waals surface area contributed by atoms with Crippen LogP contribution in [0.1, 0.15) is 54.0 Å². The van der Waals surface area contributed by atoms with Crippen LogP contribution >= 0.6 is 11.6 Å². The van der Waals surface area contributed by atoms with Crippen molar-refractivity contribution in [3.8, 4) is 0 Å². The Kier molecular flexibility index (Phi) is 6.78. The number of amides is 2. The number of carbonyl (C=O) groups excluding carboxylic acids is 2. The van der Waals surface area contributed by atoms with Crippen molar-refractivity contribution < 1.29 is 28.2 Å².